The van der Waals surface area contributed by atoms with Gasteiger partial charge in [-0.3, -0.25) is 0 Å². The molecule has 2 fully saturated rings. The van der Waals surface area contributed by atoms with Crippen molar-refractivity contribution in [3.05, 3.63) is 69.3 Å². The van der Waals surface area contributed by atoms with Gasteiger partial charge in [0.2, 0.25) is 0 Å². The largest absolute Gasteiger partial charge is 0.478 e. The van der Waals surface area contributed by atoms with E-state index in [1.807, 2.05) is 4.90 Å². The molecular weight excluding hydrogens is 480 g/mol. The zero-order valence-electron chi connectivity index (χ0n) is 18.2. The van der Waals surface area contributed by atoms with E-state index in [1.165, 1.54) is 6.20 Å². The van der Waals surface area contributed by atoms with Gasteiger partial charge in [0.25, 0.3) is 0 Å². The Morgan fingerprint density at radius 2 is 1.88 bits per heavy atom. The first-order chi connectivity index (χ1) is 16.4. The van der Waals surface area contributed by atoms with Crippen LogP contribution in [0.3, 0.4) is 0 Å². The smallest absolute Gasteiger partial charge is 0.337 e. The van der Waals surface area contributed by atoms with Crippen molar-refractivity contribution in [2.24, 2.45) is 5.92 Å². The highest BCUT2D eigenvalue weighted by molar-refractivity contribution is 6.39. The number of pyridine rings is 1. The predicted molar refractivity (Wildman–Crippen MR) is 129 cm³/mol. The molecule has 1 aromatic carbocycles. The summed E-state index contributed by atoms with van der Waals surface area (Å²) < 4.78 is 20.1. The molecule has 2 aromatic heterocycles. The molecule has 0 spiro atoms. The summed E-state index contributed by atoms with van der Waals surface area (Å²) in [7, 11) is 0. The third kappa shape index (κ3) is 4.55. The molecule has 0 atom stereocenters. The van der Waals surface area contributed by atoms with E-state index in [4.69, 9.17) is 32.8 Å². The number of aromatic carboxylic acids is 1. The van der Waals surface area contributed by atoms with Crippen LogP contribution in [0.5, 0.6) is 0 Å². The van der Waals surface area contributed by atoms with Crippen LogP contribution in [0.2, 0.25) is 10.0 Å². The average molecular weight is 502 g/mol. The Morgan fingerprint density at radius 3 is 2.50 bits per heavy atom. The molecule has 1 aliphatic heterocycles. The van der Waals surface area contributed by atoms with Crippen molar-refractivity contribution < 1.29 is 18.8 Å². The molecule has 9 heteroatoms. The van der Waals surface area contributed by atoms with Gasteiger partial charge in [-0.15, -0.1) is 0 Å². The van der Waals surface area contributed by atoms with Gasteiger partial charge in [0, 0.05) is 36.3 Å². The number of benzene rings is 1. The van der Waals surface area contributed by atoms with Crippen molar-refractivity contribution >= 4 is 41.1 Å². The summed E-state index contributed by atoms with van der Waals surface area (Å²) in [6, 6.07) is 6.39. The molecule has 0 unspecified atom stereocenters. The van der Waals surface area contributed by atoms with Crippen LogP contribution in [0.15, 0.2) is 41.1 Å². The highest BCUT2D eigenvalue weighted by Gasteiger charge is 2.33. The number of halogens is 3. The number of anilines is 1. The number of carboxylic acid groups (broad SMARTS) is 1. The van der Waals surface area contributed by atoms with Crippen molar-refractivity contribution in [3.63, 3.8) is 0 Å². The minimum absolute atomic E-state index is 0.159. The molecule has 3 heterocycles. The summed E-state index contributed by atoms with van der Waals surface area (Å²) in [5.41, 5.74) is 2.07. The zero-order valence-corrected chi connectivity index (χ0v) is 19.7. The highest BCUT2D eigenvalue weighted by atomic mass is 35.5. The van der Waals surface area contributed by atoms with E-state index in [2.05, 4.69) is 22.3 Å². The van der Waals surface area contributed by atoms with E-state index in [0.717, 1.165) is 43.1 Å². The zero-order chi connectivity index (χ0) is 23.8. The van der Waals surface area contributed by atoms with Crippen LogP contribution in [0, 0.1) is 11.7 Å². The van der Waals surface area contributed by atoms with E-state index in [9.17, 15) is 9.18 Å². The number of allylic oxidation sites excluding steroid dienone is 1. The number of aromatic nitrogens is 2. The maximum absolute atomic E-state index is 14.4. The van der Waals surface area contributed by atoms with E-state index in [-0.39, 0.29) is 17.3 Å². The van der Waals surface area contributed by atoms with E-state index < -0.39 is 11.8 Å². The van der Waals surface area contributed by atoms with E-state index >= 15 is 0 Å². The number of rotatable bonds is 6. The molecule has 5 rings (SSSR count). The lowest BCUT2D eigenvalue weighted by Gasteiger charge is -2.31. The monoisotopic (exact) mass is 501 g/mol. The van der Waals surface area contributed by atoms with Crippen LogP contribution in [-0.4, -0.2) is 34.3 Å². The number of hydrogen-bond donors (Lipinski definition) is 1. The van der Waals surface area contributed by atoms with Gasteiger partial charge in [0.1, 0.15) is 11.5 Å². The van der Waals surface area contributed by atoms with Crippen molar-refractivity contribution in [1.29, 1.82) is 0 Å². The number of piperidine rings is 1. The van der Waals surface area contributed by atoms with E-state index in [0.29, 0.717) is 40.3 Å². The van der Waals surface area contributed by atoms with Crippen LogP contribution >= 0.6 is 23.2 Å². The lowest BCUT2D eigenvalue weighted by molar-refractivity contribution is 0.0696. The fourth-order valence-corrected chi connectivity index (χ4v) is 4.91. The fourth-order valence-electron chi connectivity index (χ4n) is 4.33. The summed E-state index contributed by atoms with van der Waals surface area (Å²) in [6.07, 6.45) is 9.17. The highest BCUT2D eigenvalue weighted by Crippen LogP contribution is 2.46. The molecule has 0 amide bonds. The van der Waals surface area contributed by atoms with E-state index in [1.54, 1.807) is 18.2 Å². The molecule has 6 nitrogen and oxygen atoms in total. The molecule has 1 saturated heterocycles. The fraction of sp³-hybridized carbons (Fsp3) is 0.320. The Balaban J connectivity index is 1.33. The lowest BCUT2D eigenvalue weighted by atomic mass is 9.94. The molecule has 1 N–H and O–H groups in total. The van der Waals surface area contributed by atoms with Gasteiger partial charge in [0.15, 0.2) is 11.6 Å². The van der Waals surface area contributed by atoms with Crippen molar-refractivity contribution in [2.75, 3.05) is 18.0 Å². The molecule has 1 saturated carbocycles. The van der Waals surface area contributed by atoms with Crippen LogP contribution in [-0.2, 0) is 0 Å². The van der Waals surface area contributed by atoms with Gasteiger partial charge in [-0.2, -0.15) is 0 Å². The van der Waals surface area contributed by atoms with Crippen molar-refractivity contribution in [2.45, 2.75) is 31.6 Å². The number of carbonyl (C=O) groups is 1. The molecule has 176 valence electrons. The Kier molecular flexibility index (Phi) is 6.32. The quantitative estimate of drug-likeness (QED) is 0.405. The molecule has 1 aliphatic carbocycles. The Labute approximate surface area is 206 Å². The van der Waals surface area contributed by atoms with Gasteiger partial charge in [-0.05, 0) is 49.8 Å². The first-order valence-corrected chi connectivity index (χ1v) is 11.9. The molecule has 0 bridgehead atoms. The molecular formula is C25H22Cl2FN3O3. The predicted octanol–water partition coefficient (Wildman–Crippen LogP) is 6.69. The summed E-state index contributed by atoms with van der Waals surface area (Å²) >= 11 is 12.9. The van der Waals surface area contributed by atoms with Gasteiger partial charge in [-0.25, -0.2) is 14.2 Å². The number of nitrogens with zero attached hydrogens (tertiary/aromatic N) is 3. The molecule has 2 aliphatic rings. The normalized spacial score (nSPS) is 17.0. The third-order valence-electron chi connectivity index (χ3n) is 6.35. The second kappa shape index (κ2) is 9.39. The van der Waals surface area contributed by atoms with Gasteiger partial charge >= 0.3 is 5.97 Å². The van der Waals surface area contributed by atoms with Gasteiger partial charge in [0.05, 0.1) is 15.6 Å². The summed E-state index contributed by atoms with van der Waals surface area (Å²) in [6.45, 7) is 1.24. The summed E-state index contributed by atoms with van der Waals surface area (Å²) in [4.78, 5) is 16.9. The van der Waals surface area contributed by atoms with Crippen molar-refractivity contribution in [3.8, 4) is 11.3 Å². The van der Waals surface area contributed by atoms with Crippen molar-refractivity contribution in [1.82, 2.24) is 10.1 Å². The SMILES string of the molecule is O=C(O)c1cnc(N2CCC(/C=C/c3c(-c4c(Cl)cccc4Cl)noc3C3CC3)CC2)c(F)c1. The first-order valence-electron chi connectivity index (χ1n) is 11.2. The Hall–Kier alpha value is -2.90. The van der Waals surface area contributed by atoms with Gasteiger partial charge in [-0.1, -0.05) is 46.6 Å². The Morgan fingerprint density at radius 1 is 1.18 bits per heavy atom. The topological polar surface area (TPSA) is 79.5 Å². The number of carboxylic acids is 1. The Bertz CT molecular complexity index is 1240. The summed E-state index contributed by atoms with van der Waals surface area (Å²) in [5, 5.41) is 14.4. The average Bonchev–Trinajstić information content (AvgIpc) is 3.58. The lowest BCUT2D eigenvalue weighted by Crippen LogP contribution is -2.34. The summed E-state index contributed by atoms with van der Waals surface area (Å²) in [5.74, 6) is -0.101. The minimum atomic E-state index is -1.20. The maximum Gasteiger partial charge on any atom is 0.337 e. The maximum atomic E-state index is 14.4. The van der Waals surface area contributed by atoms with Crippen LogP contribution < -0.4 is 4.90 Å². The van der Waals surface area contributed by atoms with Gasteiger partial charge < -0.3 is 14.5 Å². The second-order valence-corrected chi connectivity index (χ2v) is 9.51. The standard InChI is InChI=1S/C25H22Cl2FN3O3/c26-18-2-1-3-19(27)21(18)22-17(23(34-30-22)15-5-6-15)7-4-14-8-10-31(11-9-14)24-20(28)12-16(13-29-24)25(32)33/h1-4,7,12-15H,5-6,8-11H2,(H,32,33)/b7-4+. The second-order valence-electron chi connectivity index (χ2n) is 8.70. The number of hydrogen-bond acceptors (Lipinski definition) is 5. The molecule has 0 radical (unpaired) electrons. The van der Waals surface area contributed by atoms with Crippen LogP contribution in [0.4, 0.5) is 10.2 Å². The third-order valence-corrected chi connectivity index (χ3v) is 6.98. The molecule has 34 heavy (non-hydrogen) atoms. The van der Waals surface area contributed by atoms with Crippen LogP contribution in [0.25, 0.3) is 17.3 Å². The van der Waals surface area contributed by atoms with Crippen LogP contribution in [0.1, 0.15) is 53.3 Å². The molecule has 3 aromatic rings. The first kappa shape index (κ1) is 22.9. The minimum Gasteiger partial charge on any atom is -0.478 e.